The predicted octanol–water partition coefficient (Wildman–Crippen LogP) is 4.23. The summed E-state index contributed by atoms with van der Waals surface area (Å²) in [6, 6.07) is 7.10. The van der Waals surface area contributed by atoms with Gasteiger partial charge in [0, 0.05) is 10.6 Å². The van der Waals surface area contributed by atoms with Crippen molar-refractivity contribution in [2.75, 3.05) is 0 Å². The topological polar surface area (TPSA) is 56.4 Å². The minimum absolute atomic E-state index is 0.417. The molecule has 0 aliphatic heterocycles. The highest BCUT2D eigenvalue weighted by Crippen LogP contribution is 2.30. The standard InChI is InChI=1S/C14H8Cl2N2O/c15-10-3-6-12(14(16)7-10)13(8-17)9-1-4-11(18-19)5-2-9/h1-7,19H. The van der Waals surface area contributed by atoms with Crippen LogP contribution in [0.4, 0.5) is 0 Å². The Morgan fingerprint density at radius 1 is 1.16 bits per heavy atom. The van der Waals surface area contributed by atoms with Crippen LogP contribution in [0.15, 0.2) is 53.2 Å². The van der Waals surface area contributed by atoms with Crippen LogP contribution < -0.4 is 0 Å². The van der Waals surface area contributed by atoms with E-state index in [0.717, 1.165) is 0 Å². The van der Waals surface area contributed by atoms with Gasteiger partial charge >= 0.3 is 0 Å². The van der Waals surface area contributed by atoms with E-state index in [1.807, 2.05) is 0 Å². The van der Waals surface area contributed by atoms with E-state index < -0.39 is 0 Å². The van der Waals surface area contributed by atoms with Crippen LogP contribution in [0.3, 0.4) is 0 Å². The highest BCUT2D eigenvalue weighted by atomic mass is 35.5. The zero-order valence-corrected chi connectivity index (χ0v) is 11.2. The van der Waals surface area contributed by atoms with Gasteiger partial charge < -0.3 is 5.21 Å². The molecule has 0 bridgehead atoms. The number of nitriles is 1. The normalized spacial score (nSPS) is 13.3. The van der Waals surface area contributed by atoms with Gasteiger partial charge in [-0.3, -0.25) is 0 Å². The Balaban J connectivity index is 2.53. The van der Waals surface area contributed by atoms with Crippen LogP contribution in [0.1, 0.15) is 5.56 Å². The molecule has 1 aromatic carbocycles. The van der Waals surface area contributed by atoms with E-state index in [0.29, 0.717) is 32.5 Å². The van der Waals surface area contributed by atoms with E-state index in [2.05, 4.69) is 11.2 Å². The number of oxime groups is 1. The minimum atomic E-state index is 0.417. The quantitative estimate of drug-likeness (QED) is 0.478. The smallest absolute Gasteiger partial charge is 0.102 e. The Bertz CT molecular complexity index is 661. The van der Waals surface area contributed by atoms with Gasteiger partial charge in [0.25, 0.3) is 0 Å². The van der Waals surface area contributed by atoms with Gasteiger partial charge in [-0.15, -0.1) is 0 Å². The number of hydrogen-bond donors (Lipinski definition) is 1. The highest BCUT2D eigenvalue weighted by Gasteiger charge is 2.11. The summed E-state index contributed by atoms with van der Waals surface area (Å²) in [5.74, 6) is 0. The number of nitrogens with zero attached hydrogens (tertiary/aromatic N) is 2. The lowest BCUT2D eigenvalue weighted by atomic mass is 9.97. The van der Waals surface area contributed by atoms with Crippen LogP contribution in [0.2, 0.25) is 10.0 Å². The van der Waals surface area contributed by atoms with Crippen molar-refractivity contribution in [2.45, 2.75) is 0 Å². The van der Waals surface area contributed by atoms with Crippen molar-refractivity contribution in [3.05, 3.63) is 63.7 Å². The molecule has 0 amide bonds. The molecule has 19 heavy (non-hydrogen) atoms. The van der Waals surface area contributed by atoms with E-state index in [4.69, 9.17) is 28.4 Å². The van der Waals surface area contributed by atoms with Gasteiger partial charge in [-0.2, -0.15) is 5.26 Å². The molecule has 0 saturated carbocycles. The molecule has 0 atom stereocenters. The highest BCUT2D eigenvalue weighted by molar-refractivity contribution is 6.36. The molecule has 0 spiro atoms. The monoisotopic (exact) mass is 290 g/mol. The van der Waals surface area contributed by atoms with E-state index in [9.17, 15) is 5.26 Å². The number of halogens is 2. The van der Waals surface area contributed by atoms with Crippen molar-refractivity contribution in [2.24, 2.45) is 5.16 Å². The van der Waals surface area contributed by atoms with Gasteiger partial charge in [0.1, 0.15) is 11.8 Å². The largest absolute Gasteiger partial charge is 0.410 e. The lowest BCUT2D eigenvalue weighted by Gasteiger charge is -2.08. The molecule has 3 nitrogen and oxygen atoms in total. The Morgan fingerprint density at radius 2 is 1.84 bits per heavy atom. The first-order valence-corrected chi connectivity index (χ1v) is 6.09. The van der Waals surface area contributed by atoms with Crippen LogP contribution in [0.25, 0.3) is 5.57 Å². The maximum Gasteiger partial charge on any atom is 0.102 e. The van der Waals surface area contributed by atoms with Crippen LogP contribution in [-0.4, -0.2) is 10.9 Å². The third kappa shape index (κ3) is 2.87. The van der Waals surface area contributed by atoms with Gasteiger partial charge in [0.2, 0.25) is 0 Å². The van der Waals surface area contributed by atoms with E-state index >= 15 is 0 Å². The number of allylic oxidation sites excluding steroid dienone is 6. The first-order chi connectivity index (χ1) is 9.15. The lowest BCUT2D eigenvalue weighted by molar-refractivity contribution is 0.320. The first-order valence-electron chi connectivity index (χ1n) is 5.33. The predicted molar refractivity (Wildman–Crippen MR) is 76.5 cm³/mol. The number of benzene rings is 1. The first kappa shape index (κ1) is 13.4. The maximum absolute atomic E-state index is 9.30. The number of hydrogen-bond acceptors (Lipinski definition) is 3. The van der Waals surface area contributed by atoms with Gasteiger partial charge in [-0.25, -0.2) is 0 Å². The summed E-state index contributed by atoms with van der Waals surface area (Å²) >= 11 is 11.9. The van der Waals surface area contributed by atoms with Crippen molar-refractivity contribution in [3.8, 4) is 6.07 Å². The number of rotatable bonds is 1. The Labute approximate surface area is 120 Å². The third-order valence-corrected chi connectivity index (χ3v) is 3.13. The Hall–Kier alpha value is -2.02. The van der Waals surface area contributed by atoms with Crippen molar-refractivity contribution in [1.82, 2.24) is 0 Å². The molecule has 0 saturated heterocycles. The van der Waals surface area contributed by atoms with Crippen molar-refractivity contribution < 1.29 is 5.21 Å². The molecule has 1 N–H and O–H groups in total. The fourth-order valence-electron chi connectivity index (χ4n) is 1.67. The van der Waals surface area contributed by atoms with Gasteiger partial charge in [-0.05, 0) is 29.9 Å². The van der Waals surface area contributed by atoms with Crippen LogP contribution in [-0.2, 0) is 0 Å². The SMILES string of the molecule is N#CC(=C1C=CC(=NO)C=C1)c1ccc(Cl)cc1Cl. The average Bonchev–Trinajstić information content (AvgIpc) is 2.42. The Kier molecular flexibility index (Phi) is 4.06. The second kappa shape index (κ2) is 5.75. The van der Waals surface area contributed by atoms with Crippen LogP contribution in [0.5, 0.6) is 0 Å². The zero-order chi connectivity index (χ0) is 13.8. The Morgan fingerprint density at radius 3 is 2.37 bits per heavy atom. The third-order valence-electron chi connectivity index (χ3n) is 2.58. The fraction of sp³-hybridized carbons (Fsp3) is 0. The lowest BCUT2D eigenvalue weighted by Crippen LogP contribution is -1.96. The zero-order valence-electron chi connectivity index (χ0n) is 9.64. The fourth-order valence-corrected chi connectivity index (χ4v) is 2.17. The minimum Gasteiger partial charge on any atom is -0.410 e. The van der Waals surface area contributed by atoms with Crippen LogP contribution >= 0.6 is 23.2 Å². The molecular formula is C14H8Cl2N2O. The summed E-state index contributed by atoms with van der Waals surface area (Å²) in [7, 11) is 0. The van der Waals surface area contributed by atoms with Crippen LogP contribution in [0, 0.1) is 11.3 Å². The molecule has 1 aromatic rings. The molecule has 0 radical (unpaired) electrons. The van der Waals surface area contributed by atoms with E-state index in [-0.39, 0.29) is 0 Å². The molecule has 5 heteroatoms. The van der Waals surface area contributed by atoms with E-state index in [1.165, 1.54) is 0 Å². The van der Waals surface area contributed by atoms with Gasteiger partial charge in [-0.1, -0.05) is 46.6 Å². The molecule has 0 fully saturated rings. The maximum atomic E-state index is 9.30. The van der Waals surface area contributed by atoms with Gasteiger partial charge in [0.05, 0.1) is 10.6 Å². The van der Waals surface area contributed by atoms with Crippen molar-refractivity contribution in [1.29, 1.82) is 5.26 Å². The summed E-state index contributed by atoms with van der Waals surface area (Å²) in [6.07, 6.45) is 6.60. The molecular weight excluding hydrogens is 283 g/mol. The molecule has 1 aliphatic rings. The molecule has 0 aromatic heterocycles. The van der Waals surface area contributed by atoms with Crippen molar-refractivity contribution >= 4 is 34.5 Å². The summed E-state index contributed by atoms with van der Waals surface area (Å²) < 4.78 is 0. The summed E-state index contributed by atoms with van der Waals surface area (Å²) in [4.78, 5) is 0. The second-order valence-electron chi connectivity index (χ2n) is 3.76. The molecule has 0 heterocycles. The van der Waals surface area contributed by atoms with Crippen molar-refractivity contribution in [3.63, 3.8) is 0 Å². The molecule has 1 aliphatic carbocycles. The second-order valence-corrected chi connectivity index (χ2v) is 4.60. The summed E-state index contributed by atoms with van der Waals surface area (Å²) in [5, 5.41) is 21.9. The van der Waals surface area contributed by atoms with Gasteiger partial charge in [0.15, 0.2) is 0 Å². The summed E-state index contributed by atoms with van der Waals surface area (Å²) in [5.41, 5.74) is 2.16. The molecule has 0 unspecified atom stereocenters. The van der Waals surface area contributed by atoms with E-state index in [1.54, 1.807) is 42.5 Å². The molecule has 94 valence electrons. The summed E-state index contributed by atoms with van der Waals surface area (Å²) in [6.45, 7) is 0. The molecule has 2 rings (SSSR count). The average molecular weight is 291 g/mol.